The zero-order valence-corrected chi connectivity index (χ0v) is 15.8. The number of hydrogen-bond acceptors (Lipinski definition) is 4. The quantitative estimate of drug-likeness (QED) is 0.790. The predicted octanol–water partition coefficient (Wildman–Crippen LogP) is 3.86. The van der Waals surface area contributed by atoms with Crippen molar-refractivity contribution >= 4 is 23.3 Å². The zero-order valence-electron chi connectivity index (χ0n) is 15.1. The molecule has 1 N–H and O–H groups in total. The number of benzene rings is 2. The maximum atomic E-state index is 13.7. The Morgan fingerprint density at radius 1 is 1.00 bits per heavy atom. The van der Waals surface area contributed by atoms with Gasteiger partial charge < -0.3 is 19.3 Å². The van der Waals surface area contributed by atoms with Gasteiger partial charge in [-0.3, -0.25) is 5.32 Å². The van der Waals surface area contributed by atoms with Gasteiger partial charge in [0.25, 0.3) is 0 Å². The first-order valence-electron chi connectivity index (χ1n) is 8.89. The summed E-state index contributed by atoms with van der Waals surface area (Å²) in [5.41, 5.74) is 0.891. The molecule has 2 aliphatic heterocycles. The van der Waals surface area contributed by atoms with Crippen molar-refractivity contribution in [3.63, 3.8) is 0 Å². The number of fused-ring (bicyclic) bond motifs is 1. The van der Waals surface area contributed by atoms with Gasteiger partial charge in [0.15, 0.2) is 11.5 Å². The number of anilines is 1. The monoisotopic (exact) mass is 427 g/mol. The van der Waals surface area contributed by atoms with Crippen LogP contribution in [0.5, 0.6) is 11.5 Å². The minimum absolute atomic E-state index is 0.0871. The van der Waals surface area contributed by atoms with Crippen molar-refractivity contribution in [3.05, 3.63) is 53.6 Å². The van der Waals surface area contributed by atoms with Crippen molar-refractivity contribution in [2.45, 2.75) is 12.1 Å². The van der Waals surface area contributed by atoms with Crippen LogP contribution in [0.25, 0.3) is 0 Å². The number of urea groups is 1. The van der Waals surface area contributed by atoms with Gasteiger partial charge in [-0.25, -0.2) is 4.79 Å². The topological polar surface area (TPSA) is 54.0 Å². The predicted molar refractivity (Wildman–Crippen MR) is 100 cm³/mol. The number of hydrogen-bond donors (Lipinski definition) is 1. The van der Waals surface area contributed by atoms with E-state index in [-0.39, 0.29) is 24.6 Å². The van der Waals surface area contributed by atoms with E-state index >= 15 is 0 Å². The highest BCUT2D eigenvalue weighted by Crippen LogP contribution is 2.45. The molecule has 4 rings (SSSR count). The van der Waals surface area contributed by atoms with Crippen LogP contribution in [-0.2, 0) is 0 Å². The van der Waals surface area contributed by atoms with Crippen LogP contribution < -0.4 is 19.7 Å². The van der Waals surface area contributed by atoms with E-state index in [1.54, 1.807) is 12.1 Å². The molecule has 0 unspecified atom stereocenters. The number of amides is 2. The fourth-order valence-electron chi connectivity index (χ4n) is 3.25. The van der Waals surface area contributed by atoms with Gasteiger partial charge in [-0.15, -0.1) is 0 Å². The maximum Gasteiger partial charge on any atom is 0.492 e. The number of alkyl halides is 3. The van der Waals surface area contributed by atoms with E-state index in [1.807, 2.05) is 22.3 Å². The summed E-state index contributed by atoms with van der Waals surface area (Å²) in [5.74, 6) is -3.43. The van der Waals surface area contributed by atoms with Crippen molar-refractivity contribution in [2.75, 3.05) is 31.1 Å². The highest BCUT2D eigenvalue weighted by Gasteiger charge is 2.66. The first kappa shape index (κ1) is 19.5. The molecule has 0 saturated carbocycles. The molecule has 0 atom stereocenters. The van der Waals surface area contributed by atoms with Gasteiger partial charge in [0.05, 0.1) is 0 Å². The molecule has 2 aromatic carbocycles. The van der Waals surface area contributed by atoms with E-state index in [9.17, 15) is 18.0 Å². The van der Waals surface area contributed by atoms with E-state index in [1.165, 1.54) is 29.2 Å². The largest absolute Gasteiger partial charge is 0.492 e. The summed E-state index contributed by atoms with van der Waals surface area (Å²) in [7, 11) is 0. The lowest BCUT2D eigenvalue weighted by Crippen LogP contribution is -2.67. The highest BCUT2D eigenvalue weighted by molar-refractivity contribution is 6.30. The van der Waals surface area contributed by atoms with Crippen molar-refractivity contribution in [1.82, 2.24) is 10.2 Å². The number of ether oxygens (including phenoxy) is 2. The standard InChI is InChI=1S/C19H17ClF3N3O3/c20-13-4-3-5-14(12-13)25-8-10-26(11-9-25)17(27)24-19(18(21,22)23)28-15-6-1-2-7-16(15)29-19/h1-7,12H,8-11H2,(H,24,27). The second kappa shape index (κ2) is 7.22. The molecule has 0 radical (unpaired) electrons. The molecule has 0 aliphatic carbocycles. The SMILES string of the molecule is O=C(NC1(C(F)(F)F)Oc2ccccc2O1)N1CCN(c2cccc(Cl)c2)CC1. The smallest absolute Gasteiger partial charge is 0.424 e. The number of para-hydroxylation sites is 2. The first-order chi connectivity index (χ1) is 13.8. The lowest BCUT2D eigenvalue weighted by molar-refractivity contribution is -0.318. The molecule has 29 heavy (non-hydrogen) atoms. The number of halogens is 4. The van der Waals surface area contributed by atoms with Gasteiger partial charge in [0.1, 0.15) is 0 Å². The fourth-order valence-corrected chi connectivity index (χ4v) is 3.43. The molecule has 0 bridgehead atoms. The normalized spacial score (nSPS) is 17.9. The number of nitrogens with one attached hydrogen (secondary N) is 1. The Kier molecular flexibility index (Phi) is 4.85. The molecule has 2 aromatic rings. The number of rotatable bonds is 2. The van der Waals surface area contributed by atoms with Crippen molar-refractivity contribution in [1.29, 1.82) is 0 Å². The van der Waals surface area contributed by atoms with E-state index in [2.05, 4.69) is 0 Å². The van der Waals surface area contributed by atoms with Crippen LogP contribution in [0.3, 0.4) is 0 Å². The lowest BCUT2D eigenvalue weighted by Gasteiger charge is -2.38. The molecular formula is C19H17ClF3N3O3. The third-order valence-electron chi connectivity index (χ3n) is 4.74. The molecular weight excluding hydrogens is 411 g/mol. The molecule has 2 heterocycles. The minimum atomic E-state index is -4.98. The van der Waals surface area contributed by atoms with Crippen LogP contribution in [-0.4, -0.2) is 49.2 Å². The Balaban J connectivity index is 1.43. The van der Waals surface area contributed by atoms with Gasteiger partial charge in [0, 0.05) is 36.9 Å². The number of carbonyl (C=O) groups is 1. The number of carbonyl (C=O) groups excluding carboxylic acids is 1. The van der Waals surface area contributed by atoms with Crippen LogP contribution in [0.4, 0.5) is 23.7 Å². The Labute approximate surface area is 169 Å². The van der Waals surface area contributed by atoms with Gasteiger partial charge in [0.2, 0.25) is 0 Å². The van der Waals surface area contributed by atoms with Crippen LogP contribution in [0.2, 0.25) is 5.02 Å². The summed E-state index contributed by atoms with van der Waals surface area (Å²) >= 11 is 6.00. The Hall–Kier alpha value is -2.81. The maximum absolute atomic E-state index is 13.7. The molecule has 2 aliphatic rings. The summed E-state index contributed by atoms with van der Waals surface area (Å²) in [6.07, 6.45) is -4.98. The lowest BCUT2D eigenvalue weighted by atomic mass is 10.2. The Morgan fingerprint density at radius 3 is 2.17 bits per heavy atom. The van der Waals surface area contributed by atoms with Gasteiger partial charge in [-0.05, 0) is 30.3 Å². The van der Waals surface area contributed by atoms with Crippen LogP contribution in [0.15, 0.2) is 48.5 Å². The molecule has 2 amide bonds. The summed E-state index contributed by atoms with van der Waals surface area (Å²) < 4.78 is 51.2. The summed E-state index contributed by atoms with van der Waals surface area (Å²) in [4.78, 5) is 15.9. The van der Waals surface area contributed by atoms with Gasteiger partial charge >= 0.3 is 18.1 Å². The second-order valence-electron chi connectivity index (χ2n) is 6.65. The van der Waals surface area contributed by atoms with Crippen molar-refractivity contribution in [2.24, 2.45) is 0 Å². The molecule has 154 valence electrons. The number of piperazine rings is 1. The molecule has 0 spiro atoms. The molecule has 1 fully saturated rings. The van der Waals surface area contributed by atoms with Gasteiger partial charge in [-0.1, -0.05) is 29.8 Å². The van der Waals surface area contributed by atoms with Crippen LogP contribution in [0.1, 0.15) is 0 Å². The third-order valence-corrected chi connectivity index (χ3v) is 4.98. The summed E-state index contributed by atoms with van der Waals surface area (Å²) in [6, 6.07) is 12.1. The van der Waals surface area contributed by atoms with E-state index in [0.29, 0.717) is 18.1 Å². The van der Waals surface area contributed by atoms with Gasteiger partial charge in [-0.2, -0.15) is 13.2 Å². The van der Waals surface area contributed by atoms with E-state index < -0.39 is 18.1 Å². The molecule has 10 heteroatoms. The second-order valence-corrected chi connectivity index (χ2v) is 7.09. The van der Waals surface area contributed by atoms with Crippen LogP contribution in [0, 0.1) is 0 Å². The zero-order chi connectivity index (χ0) is 20.6. The van der Waals surface area contributed by atoms with E-state index in [0.717, 1.165) is 5.69 Å². The summed E-state index contributed by atoms with van der Waals surface area (Å²) in [6.45, 7) is 1.38. The minimum Gasteiger partial charge on any atom is -0.424 e. The molecule has 6 nitrogen and oxygen atoms in total. The van der Waals surface area contributed by atoms with Crippen molar-refractivity contribution in [3.8, 4) is 11.5 Å². The average molecular weight is 428 g/mol. The van der Waals surface area contributed by atoms with Crippen LogP contribution >= 0.6 is 11.6 Å². The fraction of sp³-hybridized carbons (Fsp3) is 0.316. The van der Waals surface area contributed by atoms with E-state index in [4.69, 9.17) is 21.1 Å². The first-order valence-corrected chi connectivity index (χ1v) is 9.27. The third kappa shape index (κ3) is 3.74. The average Bonchev–Trinajstić information content (AvgIpc) is 3.07. The summed E-state index contributed by atoms with van der Waals surface area (Å²) in [5, 5.41) is 2.48. The highest BCUT2D eigenvalue weighted by atomic mass is 35.5. The van der Waals surface area contributed by atoms with Crippen molar-refractivity contribution < 1.29 is 27.4 Å². The Bertz CT molecular complexity index is 892. The number of nitrogens with zero attached hydrogens (tertiary/aromatic N) is 2. The molecule has 1 saturated heterocycles. The Morgan fingerprint density at radius 2 is 1.62 bits per heavy atom. The molecule has 0 aromatic heterocycles.